The predicted octanol–water partition coefficient (Wildman–Crippen LogP) is 1.19. The smallest absolute Gasteiger partial charge is 0.241 e. The topological polar surface area (TPSA) is 86.9 Å². The summed E-state index contributed by atoms with van der Waals surface area (Å²) >= 11 is 0. The lowest BCUT2D eigenvalue weighted by Gasteiger charge is -2.25. The Kier molecular flexibility index (Phi) is 6.04. The molecule has 0 aromatic carbocycles. The van der Waals surface area contributed by atoms with Crippen molar-refractivity contribution in [2.75, 3.05) is 20.6 Å². The molecule has 8 heteroatoms. The van der Waals surface area contributed by atoms with Crippen LogP contribution in [0.1, 0.15) is 37.8 Å². The number of fused-ring (bicyclic) bond motifs is 1. The van der Waals surface area contributed by atoms with E-state index in [2.05, 4.69) is 25.7 Å². The van der Waals surface area contributed by atoms with Gasteiger partial charge >= 0.3 is 0 Å². The van der Waals surface area contributed by atoms with E-state index in [4.69, 9.17) is 0 Å². The summed E-state index contributed by atoms with van der Waals surface area (Å²) in [7, 11) is 3.50. The fourth-order valence-corrected chi connectivity index (χ4v) is 3.08. The Morgan fingerprint density at radius 3 is 2.85 bits per heavy atom. The van der Waals surface area contributed by atoms with E-state index in [0.29, 0.717) is 18.5 Å². The van der Waals surface area contributed by atoms with Gasteiger partial charge in [0.15, 0.2) is 11.6 Å². The molecule has 26 heavy (non-hydrogen) atoms. The first-order chi connectivity index (χ1) is 12.6. The Balaban J connectivity index is 1.71. The lowest BCUT2D eigenvalue weighted by molar-refractivity contribution is -0.127. The van der Waals surface area contributed by atoms with Crippen molar-refractivity contribution in [2.45, 2.75) is 44.7 Å². The maximum Gasteiger partial charge on any atom is 0.241 e. The molecule has 2 aromatic rings. The molecule has 0 radical (unpaired) electrons. The number of nitrogens with zero attached hydrogens (tertiary/aromatic N) is 5. The van der Waals surface area contributed by atoms with Crippen LogP contribution in [0.4, 0.5) is 0 Å². The molecule has 0 aliphatic heterocycles. The quantitative estimate of drug-likeness (QED) is 0.620. The van der Waals surface area contributed by atoms with Gasteiger partial charge in [-0.3, -0.25) is 4.79 Å². The van der Waals surface area contributed by atoms with Gasteiger partial charge in [-0.05, 0) is 18.9 Å². The summed E-state index contributed by atoms with van der Waals surface area (Å²) < 4.78 is 1.78. The number of aliphatic imine (C=N–C) groups is 1. The standard InChI is InChI=1S/C18H27N7O/c1-24(2)17(26)13-21-18(23-14-6-4-3-5-7-14)20-12-15-8-10-19-16-9-11-22-25(15)16/h8-11,14H,3-7,12-13H2,1-2H3,(H2,20,21,23). The van der Waals surface area contributed by atoms with E-state index in [9.17, 15) is 4.79 Å². The molecule has 0 bridgehead atoms. The molecule has 0 atom stereocenters. The number of carbonyl (C=O) groups excluding carboxylic acids is 1. The van der Waals surface area contributed by atoms with Crippen LogP contribution in [-0.2, 0) is 11.3 Å². The molecule has 1 aliphatic rings. The van der Waals surface area contributed by atoms with Crippen LogP contribution in [-0.4, -0.2) is 58.0 Å². The summed E-state index contributed by atoms with van der Waals surface area (Å²) in [5.74, 6) is 0.686. The molecule has 2 heterocycles. The van der Waals surface area contributed by atoms with Gasteiger partial charge in [-0.2, -0.15) is 5.10 Å². The normalized spacial score (nSPS) is 15.8. The van der Waals surface area contributed by atoms with Gasteiger partial charge in [-0.15, -0.1) is 0 Å². The van der Waals surface area contributed by atoms with Gasteiger partial charge in [0.05, 0.1) is 25.0 Å². The second-order valence-electron chi connectivity index (χ2n) is 6.82. The summed E-state index contributed by atoms with van der Waals surface area (Å²) in [6.45, 7) is 0.679. The fraction of sp³-hybridized carbons (Fsp3) is 0.556. The summed E-state index contributed by atoms with van der Waals surface area (Å²) in [4.78, 5) is 22.4. The van der Waals surface area contributed by atoms with Gasteiger partial charge < -0.3 is 15.5 Å². The average molecular weight is 357 g/mol. The molecule has 1 aliphatic carbocycles. The first kappa shape index (κ1) is 18.2. The minimum Gasteiger partial charge on any atom is -0.354 e. The molecule has 1 fully saturated rings. The average Bonchev–Trinajstić information content (AvgIpc) is 3.13. The van der Waals surface area contributed by atoms with Gasteiger partial charge in [0, 0.05) is 32.4 Å². The highest BCUT2D eigenvalue weighted by Crippen LogP contribution is 2.17. The highest BCUT2D eigenvalue weighted by Gasteiger charge is 2.15. The lowest BCUT2D eigenvalue weighted by atomic mass is 9.96. The number of aromatic nitrogens is 3. The fourth-order valence-electron chi connectivity index (χ4n) is 3.08. The Hall–Kier alpha value is -2.64. The zero-order chi connectivity index (χ0) is 18.4. The third-order valence-electron chi connectivity index (χ3n) is 4.62. The van der Waals surface area contributed by atoms with Gasteiger partial charge in [0.25, 0.3) is 0 Å². The van der Waals surface area contributed by atoms with Gasteiger partial charge in [0.1, 0.15) is 0 Å². The number of hydrogen-bond donors (Lipinski definition) is 2. The Morgan fingerprint density at radius 2 is 2.08 bits per heavy atom. The number of amides is 1. The van der Waals surface area contributed by atoms with Crippen molar-refractivity contribution in [1.29, 1.82) is 0 Å². The van der Waals surface area contributed by atoms with E-state index < -0.39 is 0 Å². The monoisotopic (exact) mass is 357 g/mol. The van der Waals surface area contributed by atoms with E-state index >= 15 is 0 Å². The largest absolute Gasteiger partial charge is 0.354 e. The Labute approximate surface area is 153 Å². The summed E-state index contributed by atoms with van der Waals surface area (Å²) in [6.07, 6.45) is 9.54. The van der Waals surface area contributed by atoms with Crippen LogP contribution < -0.4 is 10.6 Å². The highest BCUT2D eigenvalue weighted by molar-refractivity contribution is 5.86. The van der Waals surface area contributed by atoms with E-state index in [1.807, 2.05) is 12.1 Å². The van der Waals surface area contributed by atoms with Crippen molar-refractivity contribution < 1.29 is 4.79 Å². The van der Waals surface area contributed by atoms with E-state index in [0.717, 1.165) is 24.2 Å². The molecule has 1 amide bonds. The van der Waals surface area contributed by atoms with Crippen LogP contribution in [0.2, 0.25) is 0 Å². The molecule has 0 saturated heterocycles. The number of likely N-dealkylation sites (N-methyl/N-ethyl adjacent to an activating group) is 1. The predicted molar refractivity (Wildman–Crippen MR) is 101 cm³/mol. The minimum absolute atomic E-state index is 0.0153. The number of guanidine groups is 1. The van der Waals surface area contributed by atoms with Crippen molar-refractivity contribution >= 4 is 17.5 Å². The second-order valence-corrected chi connectivity index (χ2v) is 6.82. The SMILES string of the molecule is CN(C)C(=O)CNC(=NCc1ccnc2ccnn12)NC1CCCCC1. The zero-order valence-electron chi connectivity index (χ0n) is 15.5. The van der Waals surface area contributed by atoms with Crippen molar-refractivity contribution in [1.82, 2.24) is 30.1 Å². The molecule has 2 N–H and O–H groups in total. The molecule has 0 spiro atoms. The molecule has 8 nitrogen and oxygen atoms in total. The molecule has 0 unspecified atom stereocenters. The second kappa shape index (κ2) is 8.64. The van der Waals surface area contributed by atoms with Gasteiger partial charge in [-0.1, -0.05) is 19.3 Å². The van der Waals surface area contributed by atoms with Crippen molar-refractivity contribution in [3.8, 4) is 0 Å². The minimum atomic E-state index is 0.0153. The third-order valence-corrected chi connectivity index (χ3v) is 4.62. The molecular weight excluding hydrogens is 330 g/mol. The maximum absolute atomic E-state index is 11.9. The number of hydrogen-bond acceptors (Lipinski definition) is 4. The van der Waals surface area contributed by atoms with Crippen LogP contribution >= 0.6 is 0 Å². The van der Waals surface area contributed by atoms with Crippen molar-refractivity contribution in [2.24, 2.45) is 4.99 Å². The van der Waals surface area contributed by atoms with Crippen molar-refractivity contribution in [3.05, 3.63) is 30.2 Å². The highest BCUT2D eigenvalue weighted by atomic mass is 16.2. The van der Waals surface area contributed by atoms with Crippen LogP contribution in [0.25, 0.3) is 5.65 Å². The van der Waals surface area contributed by atoms with Crippen LogP contribution in [0.5, 0.6) is 0 Å². The van der Waals surface area contributed by atoms with Crippen LogP contribution in [0, 0.1) is 0 Å². The number of carbonyl (C=O) groups is 1. The van der Waals surface area contributed by atoms with Gasteiger partial charge in [-0.25, -0.2) is 14.5 Å². The first-order valence-corrected chi connectivity index (χ1v) is 9.16. The van der Waals surface area contributed by atoms with Gasteiger partial charge in [0.2, 0.25) is 5.91 Å². The summed E-state index contributed by atoms with van der Waals surface area (Å²) in [5.41, 5.74) is 1.75. The third kappa shape index (κ3) is 4.71. The molecule has 140 valence electrons. The van der Waals surface area contributed by atoms with Crippen LogP contribution in [0.3, 0.4) is 0 Å². The Morgan fingerprint density at radius 1 is 1.27 bits per heavy atom. The summed E-state index contributed by atoms with van der Waals surface area (Å²) in [5, 5.41) is 10.9. The number of nitrogens with one attached hydrogen (secondary N) is 2. The lowest BCUT2D eigenvalue weighted by Crippen LogP contribution is -2.47. The van der Waals surface area contributed by atoms with Crippen LogP contribution in [0.15, 0.2) is 29.5 Å². The van der Waals surface area contributed by atoms with E-state index in [1.54, 1.807) is 35.9 Å². The Bertz CT molecular complexity index is 762. The maximum atomic E-state index is 11.9. The first-order valence-electron chi connectivity index (χ1n) is 9.16. The van der Waals surface area contributed by atoms with E-state index in [-0.39, 0.29) is 12.5 Å². The molecule has 1 saturated carbocycles. The van der Waals surface area contributed by atoms with Crippen molar-refractivity contribution in [3.63, 3.8) is 0 Å². The molecular formula is C18H27N7O. The van der Waals surface area contributed by atoms with E-state index in [1.165, 1.54) is 19.3 Å². The molecule has 3 rings (SSSR count). The summed E-state index contributed by atoms with van der Waals surface area (Å²) in [6, 6.07) is 4.18. The zero-order valence-corrected chi connectivity index (χ0v) is 15.5. The number of rotatable bonds is 5. The molecule has 2 aromatic heterocycles.